The van der Waals surface area contributed by atoms with Gasteiger partial charge in [0.1, 0.15) is 50.5 Å². The minimum atomic E-state index is -3.11. The van der Waals surface area contributed by atoms with E-state index in [-0.39, 0.29) is 108 Å². The zero-order valence-corrected chi connectivity index (χ0v) is 86.8. The molecule has 0 unspecified atom stereocenters. The molecular weight excluding hydrogens is 1990 g/mol. The molecule has 33 nitrogen and oxygen atoms in total. The van der Waals surface area contributed by atoms with E-state index < -0.39 is 126 Å². The maximum atomic E-state index is 15.0. The summed E-state index contributed by atoms with van der Waals surface area (Å²) in [6, 6.07) is 34.0. The van der Waals surface area contributed by atoms with Gasteiger partial charge >= 0.3 is 31.0 Å². The lowest BCUT2D eigenvalue weighted by Crippen LogP contribution is -2.47. The standard InChI is InChI=1S/C36H38ClF4N7O4.2C34H39ClF2N8O3/c1-33(2,3)18-36(22-8-10-24-20(14-22)7-11-27(49)46(24)5)31(51)47(32(42)45-36)26(17-52-28(50)16-35(12-13-35)34(4,40)41)21-6-9-23(37)25(15-21)48-30(29(38)39)43-19-44-48;2*1-20(2)13-29(46)48-17-28(23-9-12-26(35)27(14-23)45-21(3)39-19-41-45)44-30(47)34(42-32(44)38,18-33(4,5)6)25-10-7-22(8-11-25)24-15-40-43(16-24)31(36)37/h6-11,14-15,19,26,29H,12-13,16-18H2,1-5H3,(H2,42,45);2*7-12,14-16,19-20,28,31H,13,17-18H2,1-6H3,(H2,38,42)/t26-,36-;2*28-,34-/m111/s1. The monoisotopic (exact) mass is 2100 g/mol. The highest BCUT2D eigenvalue weighted by Crippen LogP contribution is 2.60. The third kappa shape index (κ3) is 23.5. The van der Waals surface area contributed by atoms with E-state index in [9.17, 15) is 63.9 Å². The van der Waals surface area contributed by atoms with Gasteiger partial charge in [-0.3, -0.25) is 48.3 Å². The van der Waals surface area contributed by atoms with Crippen molar-refractivity contribution in [2.45, 2.75) is 222 Å². The lowest BCUT2D eigenvalue weighted by Gasteiger charge is -2.35. The van der Waals surface area contributed by atoms with E-state index in [4.69, 9.17) is 81.2 Å². The van der Waals surface area contributed by atoms with Gasteiger partial charge in [-0.1, -0.05) is 198 Å². The topological polar surface area (TPSA) is 405 Å². The molecule has 9 heterocycles. The van der Waals surface area contributed by atoms with Crippen LogP contribution in [0.5, 0.6) is 0 Å². The van der Waals surface area contributed by atoms with Gasteiger partial charge in [-0.2, -0.15) is 43.1 Å². The molecule has 12 aromatic rings. The van der Waals surface area contributed by atoms with Gasteiger partial charge in [0, 0.05) is 54.9 Å². The first-order chi connectivity index (χ1) is 69.4. The SMILES string of the molecule is Cc1ncnn1-c1cc([C@@H](COC(=O)CC(C)C)N2C(=O)[C@@](CC(C)(C)C)(c3ccc(-c4cnn(C(F)F)c4)cc3)N=C2N)ccc1Cl.Cc1ncnn1-c1cc([C@@H](COC(=O)CC(C)C)N2C(=O)[C@@](CC(C)(C)C)(c3ccc(-c4cnn(C(F)F)c4)cc3)N=C2N)ccc1Cl.Cn1c(=O)ccc2cc([C@@]3(CC(C)(C)C)N=C(N)N([C@H](COC(=O)CC4(C(C)(F)F)CC4)c4ccc(Cl)c(-n5ncnc5C(F)F)c4)C3=O)ccc21. The van der Waals surface area contributed by atoms with Crippen molar-refractivity contribution < 1.29 is 78.1 Å². The Morgan fingerprint density at radius 3 is 1.12 bits per heavy atom. The number of pyridine rings is 1. The fourth-order valence-corrected chi connectivity index (χ4v) is 19.4. The maximum absolute atomic E-state index is 15.0. The number of hydrogen-bond acceptors (Lipinski definition) is 24. The molecule has 6 N–H and O–H groups in total. The number of aryl methyl sites for hydroxylation is 3. The van der Waals surface area contributed by atoms with E-state index in [0.717, 1.165) is 17.9 Å². The maximum Gasteiger partial charge on any atom is 0.333 e. The Labute approximate surface area is 863 Å². The summed E-state index contributed by atoms with van der Waals surface area (Å²) in [5, 5.41) is 21.4. The summed E-state index contributed by atoms with van der Waals surface area (Å²) < 4.78 is 133. The first-order valence-corrected chi connectivity index (χ1v) is 48.8. The largest absolute Gasteiger partial charge is 0.463 e. The Morgan fingerprint density at radius 2 is 0.791 bits per heavy atom. The molecule has 148 heavy (non-hydrogen) atoms. The Kier molecular flexibility index (Phi) is 31.8. The van der Waals surface area contributed by atoms with Crippen LogP contribution in [0, 0.1) is 47.3 Å². The summed E-state index contributed by atoms with van der Waals surface area (Å²) in [6.45, 7) is 23.3. The number of hydrogen-bond donors (Lipinski definition) is 3. The van der Waals surface area contributed by atoms with Gasteiger partial charge < -0.3 is 36.0 Å². The number of alkyl halides is 8. The van der Waals surface area contributed by atoms with Crippen molar-refractivity contribution in [3.63, 3.8) is 0 Å². The van der Waals surface area contributed by atoms with E-state index in [1.54, 1.807) is 139 Å². The minimum absolute atomic E-state index is 0.00546. The number of aromatic nitrogens is 14. The van der Waals surface area contributed by atoms with Crippen molar-refractivity contribution in [3.8, 4) is 39.3 Å². The molecule has 6 aromatic heterocycles. The van der Waals surface area contributed by atoms with Crippen LogP contribution in [0.4, 0.5) is 35.1 Å². The number of fused-ring (bicyclic) bond motifs is 1. The summed E-state index contributed by atoms with van der Waals surface area (Å²) in [5.74, 6) is -5.86. The zero-order chi connectivity index (χ0) is 108. The van der Waals surface area contributed by atoms with E-state index in [1.165, 1.54) is 81.0 Å². The average Bonchev–Trinajstić information content (AvgIpc) is 1.57. The van der Waals surface area contributed by atoms with E-state index >= 15 is 4.79 Å². The van der Waals surface area contributed by atoms with Crippen LogP contribution in [-0.4, -0.2) is 162 Å². The summed E-state index contributed by atoms with van der Waals surface area (Å²) in [5.41, 5.74) is 19.5. The van der Waals surface area contributed by atoms with Crippen LogP contribution in [0.1, 0.15) is 237 Å². The smallest absolute Gasteiger partial charge is 0.333 e. The normalized spacial score (nSPS) is 18.0. The van der Waals surface area contributed by atoms with Crippen molar-refractivity contribution in [2.75, 3.05) is 19.8 Å². The summed E-state index contributed by atoms with van der Waals surface area (Å²) in [6.07, 6.45) is 6.92. The molecule has 3 amide bonds. The van der Waals surface area contributed by atoms with Gasteiger partial charge in [0.25, 0.3) is 35.6 Å². The molecule has 3 aliphatic heterocycles. The molecule has 0 saturated heterocycles. The molecule has 6 aromatic carbocycles. The van der Waals surface area contributed by atoms with Gasteiger partial charge in [-0.25, -0.2) is 70.9 Å². The molecule has 1 aliphatic carbocycles. The molecule has 6 atom stereocenters. The van der Waals surface area contributed by atoms with Crippen LogP contribution in [-0.2, 0) is 66.6 Å². The highest BCUT2D eigenvalue weighted by Gasteiger charge is 2.61. The van der Waals surface area contributed by atoms with Gasteiger partial charge in [-0.15, -0.1) is 0 Å². The number of carbonyl (C=O) groups excluding carboxylic acids is 6. The van der Waals surface area contributed by atoms with Gasteiger partial charge in [0.2, 0.25) is 0 Å². The number of benzene rings is 6. The number of nitrogens with two attached hydrogens (primary N) is 3. The number of carbonyl (C=O) groups is 6. The summed E-state index contributed by atoms with van der Waals surface area (Å²) in [4.78, 5) is 126. The molecule has 44 heteroatoms. The van der Waals surface area contributed by atoms with Crippen molar-refractivity contribution in [3.05, 3.63) is 254 Å². The first-order valence-electron chi connectivity index (χ1n) is 47.6. The van der Waals surface area contributed by atoms with Gasteiger partial charge in [0.15, 0.2) is 40.3 Å². The zero-order valence-electron chi connectivity index (χ0n) is 84.6. The number of esters is 3. The fourth-order valence-electron chi connectivity index (χ4n) is 18.8. The fraction of sp³-hybridized carbons (Fsp3) is 0.423. The number of rotatable bonds is 33. The lowest BCUT2D eigenvalue weighted by atomic mass is 9.75. The van der Waals surface area contributed by atoms with E-state index in [0.29, 0.717) is 116 Å². The molecule has 4 aliphatic rings. The molecule has 0 spiro atoms. The Morgan fingerprint density at radius 1 is 0.439 bits per heavy atom. The second kappa shape index (κ2) is 43.0. The second-order valence-electron chi connectivity index (χ2n) is 41.9. The third-order valence-corrected chi connectivity index (χ3v) is 26.8. The molecule has 1 saturated carbocycles. The highest BCUT2D eigenvalue weighted by molar-refractivity contribution is 6.33. The van der Waals surface area contributed by atoms with Crippen molar-refractivity contribution in [1.29, 1.82) is 0 Å². The molecule has 784 valence electrons. The average molecular weight is 2110 g/mol. The number of amides is 3. The van der Waals surface area contributed by atoms with Gasteiger partial charge in [0.05, 0.1) is 74.6 Å². The van der Waals surface area contributed by atoms with Crippen molar-refractivity contribution in [2.24, 2.45) is 72.7 Å². The lowest BCUT2D eigenvalue weighted by molar-refractivity contribution is -0.153. The number of halogens is 11. The van der Waals surface area contributed by atoms with Crippen LogP contribution in [0.3, 0.4) is 0 Å². The van der Waals surface area contributed by atoms with Crippen molar-refractivity contribution in [1.82, 2.24) is 83.1 Å². The Bertz CT molecular complexity index is 6870. The number of aliphatic imine (C=N–C) groups is 3. The molecule has 0 radical (unpaired) electrons. The van der Waals surface area contributed by atoms with Crippen LogP contribution in [0.25, 0.3) is 50.2 Å². The van der Waals surface area contributed by atoms with E-state index in [2.05, 4.69) is 40.4 Å². The summed E-state index contributed by atoms with van der Waals surface area (Å²) in [7, 11) is 1.64. The predicted molar refractivity (Wildman–Crippen MR) is 540 cm³/mol. The Balaban J connectivity index is 0.000000175. The second-order valence-corrected chi connectivity index (χ2v) is 43.1. The number of ether oxygens (including phenoxy) is 3. The minimum Gasteiger partial charge on any atom is -0.463 e. The number of nitrogens with zero attached hydrogens (tertiary/aromatic N) is 20. The summed E-state index contributed by atoms with van der Waals surface area (Å²) >= 11 is 19.6. The molecule has 1 fully saturated rings. The Hall–Kier alpha value is -14.1. The molecule has 0 bridgehead atoms. The quantitative estimate of drug-likeness (QED) is 0.0195. The van der Waals surface area contributed by atoms with E-state index in [1.807, 2.05) is 90.0 Å². The first kappa shape index (κ1) is 110. The van der Waals surface area contributed by atoms with Crippen LogP contribution >= 0.6 is 34.8 Å². The molecular formula is C104H116Cl3F8N23O10. The highest BCUT2D eigenvalue weighted by atomic mass is 35.5. The van der Waals surface area contributed by atoms with Crippen LogP contribution < -0.4 is 22.8 Å². The third-order valence-electron chi connectivity index (χ3n) is 25.8. The van der Waals surface area contributed by atoms with Crippen LogP contribution in [0.2, 0.25) is 15.1 Å². The predicted octanol–water partition coefficient (Wildman–Crippen LogP) is 19.8. The van der Waals surface area contributed by atoms with Crippen molar-refractivity contribution >= 4 is 99.2 Å². The molecule has 16 rings (SSSR count). The number of guanidine groups is 3. The van der Waals surface area contributed by atoms with Gasteiger partial charge in [-0.05, 0) is 185 Å². The van der Waals surface area contributed by atoms with Crippen LogP contribution in [0.15, 0.2) is 197 Å².